The molecule has 1 amide bonds. The van der Waals surface area contributed by atoms with Crippen molar-refractivity contribution in [3.63, 3.8) is 0 Å². The second-order valence-electron chi connectivity index (χ2n) is 3.92. The number of aromatic nitrogens is 1. The van der Waals surface area contributed by atoms with Crippen LogP contribution in [0.1, 0.15) is 12.8 Å². The van der Waals surface area contributed by atoms with E-state index in [1.165, 1.54) is 18.0 Å². The molecular weight excluding hydrogens is 262 g/mol. The van der Waals surface area contributed by atoms with Crippen LogP contribution in [0, 0.1) is 0 Å². The maximum absolute atomic E-state index is 11.7. The van der Waals surface area contributed by atoms with Crippen LogP contribution in [-0.2, 0) is 4.79 Å². The van der Waals surface area contributed by atoms with Gasteiger partial charge in [0, 0.05) is 23.5 Å². The summed E-state index contributed by atoms with van der Waals surface area (Å²) in [5, 5.41) is 3.44. The molecule has 6 heteroatoms. The third kappa shape index (κ3) is 4.67. The van der Waals surface area contributed by atoms with Gasteiger partial charge in [-0.25, -0.2) is 4.98 Å². The van der Waals surface area contributed by atoms with E-state index in [0.29, 0.717) is 17.3 Å². The van der Waals surface area contributed by atoms with Crippen molar-refractivity contribution in [2.24, 2.45) is 0 Å². The van der Waals surface area contributed by atoms with Gasteiger partial charge in [-0.1, -0.05) is 17.8 Å². The average molecular weight is 277 g/mol. The van der Waals surface area contributed by atoms with E-state index in [4.69, 9.17) is 10.2 Å². The van der Waals surface area contributed by atoms with E-state index in [1.54, 1.807) is 18.3 Å². The molecule has 0 fully saturated rings. The SMILES string of the molecule is Nc1cccc(NC(=O)CCCSc2ncco2)c1. The van der Waals surface area contributed by atoms with Gasteiger partial charge in [0.1, 0.15) is 6.26 Å². The zero-order valence-corrected chi connectivity index (χ0v) is 11.2. The molecule has 0 aliphatic rings. The van der Waals surface area contributed by atoms with Gasteiger partial charge in [-0.2, -0.15) is 0 Å². The summed E-state index contributed by atoms with van der Waals surface area (Å²) in [5.74, 6) is 0.781. The summed E-state index contributed by atoms with van der Waals surface area (Å²) in [6, 6.07) is 7.14. The second-order valence-corrected chi connectivity index (χ2v) is 4.97. The van der Waals surface area contributed by atoms with Gasteiger partial charge < -0.3 is 15.5 Å². The van der Waals surface area contributed by atoms with Crippen LogP contribution < -0.4 is 11.1 Å². The lowest BCUT2D eigenvalue weighted by atomic mass is 10.2. The maximum atomic E-state index is 11.7. The number of rotatable bonds is 6. The van der Waals surface area contributed by atoms with E-state index in [9.17, 15) is 4.79 Å². The van der Waals surface area contributed by atoms with Gasteiger partial charge in [0.25, 0.3) is 5.22 Å². The zero-order chi connectivity index (χ0) is 13.5. The molecule has 1 aromatic carbocycles. The molecule has 1 heterocycles. The number of anilines is 2. The number of carbonyl (C=O) groups is 1. The Hall–Kier alpha value is -1.95. The maximum Gasteiger partial charge on any atom is 0.255 e. The van der Waals surface area contributed by atoms with Crippen LogP contribution in [-0.4, -0.2) is 16.6 Å². The molecule has 5 nitrogen and oxygen atoms in total. The predicted octanol–water partition coefficient (Wildman–Crippen LogP) is 2.77. The van der Waals surface area contributed by atoms with Crippen molar-refractivity contribution in [2.45, 2.75) is 18.1 Å². The Morgan fingerprint density at radius 3 is 3.11 bits per heavy atom. The van der Waals surface area contributed by atoms with E-state index in [1.807, 2.05) is 12.1 Å². The zero-order valence-electron chi connectivity index (χ0n) is 10.3. The highest BCUT2D eigenvalue weighted by Gasteiger charge is 2.04. The lowest BCUT2D eigenvalue weighted by molar-refractivity contribution is -0.116. The number of nitrogen functional groups attached to an aromatic ring is 1. The van der Waals surface area contributed by atoms with Crippen molar-refractivity contribution in [3.8, 4) is 0 Å². The fourth-order valence-electron chi connectivity index (χ4n) is 1.51. The molecule has 0 saturated carbocycles. The minimum atomic E-state index is -0.0152. The van der Waals surface area contributed by atoms with Crippen LogP contribution in [0.4, 0.5) is 11.4 Å². The second kappa shape index (κ2) is 6.84. The Balaban J connectivity index is 1.67. The first-order valence-corrected chi connectivity index (χ1v) is 6.90. The third-order valence-corrected chi connectivity index (χ3v) is 3.30. The monoisotopic (exact) mass is 277 g/mol. The van der Waals surface area contributed by atoms with Crippen LogP contribution in [0.3, 0.4) is 0 Å². The number of hydrogen-bond donors (Lipinski definition) is 2. The Labute approximate surface area is 115 Å². The minimum Gasteiger partial charge on any atom is -0.440 e. The fourth-order valence-corrected chi connectivity index (χ4v) is 2.24. The molecule has 0 spiro atoms. The molecule has 2 aromatic rings. The van der Waals surface area contributed by atoms with Gasteiger partial charge in [0.05, 0.1) is 6.20 Å². The van der Waals surface area contributed by atoms with E-state index >= 15 is 0 Å². The summed E-state index contributed by atoms with van der Waals surface area (Å²) in [4.78, 5) is 15.7. The van der Waals surface area contributed by atoms with Gasteiger partial charge in [0.15, 0.2) is 0 Å². The van der Waals surface area contributed by atoms with Gasteiger partial charge in [-0.15, -0.1) is 0 Å². The quantitative estimate of drug-likeness (QED) is 0.482. The van der Waals surface area contributed by atoms with E-state index in [-0.39, 0.29) is 5.91 Å². The molecule has 0 radical (unpaired) electrons. The van der Waals surface area contributed by atoms with Crippen molar-refractivity contribution in [3.05, 3.63) is 36.7 Å². The Morgan fingerprint density at radius 1 is 1.47 bits per heavy atom. The first kappa shape index (κ1) is 13.5. The topological polar surface area (TPSA) is 81.1 Å². The molecule has 19 heavy (non-hydrogen) atoms. The van der Waals surface area contributed by atoms with E-state index in [2.05, 4.69) is 10.3 Å². The fraction of sp³-hybridized carbons (Fsp3) is 0.231. The Bertz CT molecular complexity index is 528. The number of nitrogens with one attached hydrogen (secondary N) is 1. The number of nitrogens with two attached hydrogens (primary N) is 1. The predicted molar refractivity (Wildman–Crippen MR) is 75.9 cm³/mol. The molecule has 0 aliphatic carbocycles. The standard InChI is InChI=1S/C13H15N3O2S/c14-10-3-1-4-11(9-10)16-12(17)5-2-8-19-13-15-6-7-18-13/h1,3-4,6-7,9H,2,5,8,14H2,(H,16,17). The average Bonchev–Trinajstić information content (AvgIpc) is 2.88. The summed E-state index contributed by atoms with van der Waals surface area (Å²) in [6.07, 6.45) is 4.37. The molecular formula is C13H15N3O2S. The Kier molecular flexibility index (Phi) is 4.85. The molecule has 0 aliphatic heterocycles. The first-order chi connectivity index (χ1) is 9.24. The lowest BCUT2D eigenvalue weighted by Crippen LogP contribution is -2.11. The van der Waals surface area contributed by atoms with Crippen molar-refractivity contribution >= 4 is 29.0 Å². The van der Waals surface area contributed by atoms with Crippen LogP contribution in [0.2, 0.25) is 0 Å². The first-order valence-electron chi connectivity index (χ1n) is 5.92. The molecule has 0 saturated heterocycles. The smallest absolute Gasteiger partial charge is 0.255 e. The number of hydrogen-bond acceptors (Lipinski definition) is 5. The molecule has 100 valence electrons. The van der Waals surface area contributed by atoms with Gasteiger partial charge in [-0.3, -0.25) is 4.79 Å². The molecule has 0 bridgehead atoms. The van der Waals surface area contributed by atoms with Crippen molar-refractivity contribution in [2.75, 3.05) is 16.8 Å². The van der Waals surface area contributed by atoms with E-state index < -0.39 is 0 Å². The highest BCUT2D eigenvalue weighted by molar-refractivity contribution is 7.99. The highest BCUT2D eigenvalue weighted by Crippen LogP contribution is 2.17. The van der Waals surface area contributed by atoms with Crippen LogP contribution in [0.5, 0.6) is 0 Å². The highest BCUT2D eigenvalue weighted by atomic mass is 32.2. The van der Waals surface area contributed by atoms with Gasteiger partial charge in [-0.05, 0) is 24.6 Å². The van der Waals surface area contributed by atoms with Crippen LogP contribution >= 0.6 is 11.8 Å². The van der Waals surface area contributed by atoms with Crippen molar-refractivity contribution in [1.82, 2.24) is 4.98 Å². The Morgan fingerprint density at radius 2 is 2.37 bits per heavy atom. The third-order valence-electron chi connectivity index (χ3n) is 2.35. The summed E-state index contributed by atoms with van der Waals surface area (Å²) >= 11 is 1.50. The molecule has 0 unspecified atom stereocenters. The number of nitrogens with zero attached hydrogens (tertiary/aromatic N) is 1. The summed E-state index contributed by atoms with van der Waals surface area (Å²) in [5.41, 5.74) is 7.00. The van der Waals surface area contributed by atoms with Crippen molar-refractivity contribution < 1.29 is 9.21 Å². The molecule has 2 rings (SSSR count). The lowest BCUT2D eigenvalue weighted by Gasteiger charge is -2.05. The number of amides is 1. The number of thioether (sulfide) groups is 1. The minimum absolute atomic E-state index is 0.0152. The van der Waals surface area contributed by atoms with Gasteiger partial charge in [0.2, 0.25) is 5.91 Å². The van der Waals surface area contributed by atoms with Gasteiger partial charge >= 0.3 is 0 Å². The van der Waals surface area contributed by atoms with Crippen LogP contribution in [0.15, 0.2) is 46.4 Å². The summed E-state index contributed by atoms with van der Waals surface area (Å²) in [6.45, 7) is 0. The summed E-state index contributed by atoms with van der Waals surface area (Å²) in [7, 11) is 0. The molecule has 3 N–H and O–H groups in total. The van der Waals surface area contributed by atoms with Crippen LogP contribution in [0.25, 0.3) is 0 Å². The number of oxazole rings is 1. The normalized spacial score (nSPS) is 10.3. The number of carbonyl (C=O) groups excluding carboxylic acids is 1. The molecule has 0 atom stereocenters. The number of benzene rings is 1. The largest absolute Gasteiger partial charge is 0.440 e. The summed E-state index contributed by atoms with van der Waals surface area (Å²) < 4.78 is 5.09. The van der Waals surface area contributed by atoms with E-state index in [0.717, 1.165) is 17.9 Å². The van der Waals surface area contributed by atoms with Crippen molar-refractivity contribution in [1.29, 1.82) is 0 Å². The molecule has 1 aromatic heterocycles.